The van der Waals surface area contributed by atoms with Gasteiger partial charge in [-0.1, -0.05) is 6.92 Å². The van der Waals surface area contributed by atoms with Crippen molar-refractivity contribution in [2.45, 2.75) is 37.5 Å². The van der Waals surface area contributed by atoms with E-state index in [0.717, 1.165) is 12.2 Å². The molecule has 0 radical (unpaired) electrons. The second-order valence-corrected chi connectivity index (χ2v) is 5.46. The maximum atomic E-state index is 11.2. The Balaban J connectivity index is 4.01. The Hall–Kier alpha value is -0.260. The van der Waals surface area contributed by atoms with Gasteiger partial charge in [0.2, 0.25) is 5.91 Å². The van der Waals surface area contributed by atoms with Crippen LogP contribution in [-0.2, 0) is 4.79 Å². The lowest BCUT2D eigenvalue weighted by Gasteiger charge is -2.28. The minimum absolute atomic E-state index is 0.221. The van der Waals surface area contributed by atoms with E-state index in [9.17, 15) is 4.79 Å². The van der Waals surface area contributed by atoms with Crippen LogP contribution in [0.1, 0.15) is 26.7 Å². The number of nitrogens with two attached hydrogens (primary N) is 1. The third-order valence-electron chi connectivity index (χ3n) is 2.50. The number of hydrogen-bond acceptors (Lipinski definition) is 4. The Morgan fingerprint density at radius 2 is 2.27 bits per heavy atom. The normalized spacial score (nSPS) is 17.1. The third kappa shape index (κ3) is 5.39. The lowest BCUT2D eigenvalue weighted by Crippen LogP contribution is -2.52. The molecule has 0 aliphatic heterocycles. The van der Waals surface area contributed by atoms with Crippen molar-refractivity contribution in [3.8, 4) is 0 Å². The molecule has 2 atom stereocenters. The van der Waals surface area contributed by atoms with E-state index in [-0.39, 0.29) is 12.5 Å². The lowest BCUT2D eigenvalue weighted by molar-refractivity contribution is -0.123. The highest BCUT2D eigenvalue weighted by molar-refractivity contribution is 7.99. The maximum Gasteiger partial charge on any atom is 0.237 e. The molecular weight excluding hydrogens is 212 g/mol. The van der Waals surface area contributed by atoms with Crippen molar-refractivity contribution in [1.29, 1.82) is 0 Å². The van der Waals surface area contributed by atoms with Crippen LogP contribution in [-0.4, -0.2) is 41.2 Å². The highest BCUT2D eigenvalue weighted by Gasteiger charge is 2.30. The predicted molar refractivity (Wildman–Crippen MR) is 64.9 cm³/mol. The Morgan fingerprint density at radius 3 is 2.67 bits per heavy atom. The molecule has 0 aliphatic rings. The number of likely N-dealkylation sites (N-methyl/N-ethyl adjacent to an activating group) is 1. The first-order valence-corrected chi connectivity index (χ1v) is 6.22. The quantitative estimate of drug-likeness (QED) is 0.530. The van der Waals surface area contributed by atoms with E-state index in [1.807, 2.05) is 6.92 Å². The summed E-state index contributed by atoms with van der Waals surface area (Å²) < 4.78 is 0. The van der Waals surface area contributed by atoms with E-state index in [1.165, 1.54) is 0 Å². The molecule has 0 aliphatic carbocycles. The molecule has 0 rings (SSSR count). The first kappa shape index (κ1) is 14.7. The fraction of sp³-hybridized carbons (Fsp3) is 0.900. The summed E-state index contributed by atoms with van der Waals surface area (Å²) in [6.07, 6.45) is 1.50. The van der Waals surface area contributed by atoms with Gasteiger partial charge in [-0.25, -0.2) is 0 Å². The van der Waals surface area contributed by atoms with Gasteiger partial charge in [0.05, 0.1) is 5.54 Å². The van der Waals surface area contributed by atoms with Crippen LogP contribution >= 0.6 is 11.8 Å². The summed E-state index contributed by atoms with van der Waals surface area (Å²) in [7, 11) is 1.75. The van der Waals surface area contributed by atoms with Crippen molar-refractivity contribution >= 4 is 17.7 Å². The summed E-state index contributed by atoms with van der Waals surface area (Å²) in [5.74, 6) is 0.593. The highest BCUT2D eigenvalue weighted by Crippen LogP contribution is 2.21. The van der Waals surface area contributed by atoms with Crippen LogP contribution in [0, 0.1) is 0 Å². The summed E-state index contributed by atoms with van der Waals surface area (Å²) >= 11 is 1.75. The van der Waals surface area contributed by atoms with Crippen LogP contribution in [0.5, 0.6) is 0 Å². The SMILES string of the molecule is CNC(C)(CC(C)SCCCO)C(N)=O. The number of primary amides is 1. The molecule has 4 N–H and O–H groups in total. The van der Waals surface area contributed by atoms with Gasteiger partial charge in [-0.2, -0.15) is 11.8 Å². The van der Waals surface area contributed by atoms with Gasteiger partial charge < -0.3 is 16.2 Å². The van der Waals surface area contributed by atoms with Gasteiger partial charge >= 0.3 is 0 Å². The Kier molecular flexibility index (Phi) is 6.96. The van der Waals surface area contributed by atoms with Gasteiger partial charge in [0.1, 0.15) is 0 Å². The van der Waals surface area contributed by atoms with Crippen LogP contribution in [0.15, 0.2) is 0 Å². The number of hydrogen-bond donors (Lipinski definition) is 3. The van der Waals surface area contributed by atoms with Crippen molar-refractivity contribution in [1.82, 2.24) is 5.32 Å². The minimum Gasteiger partial charge on any atom is -0.396 e. The molecule has 0 bridgehead atoms. The lowest BCUT2D eigenvalue weighted by atomic mass is 9.95. The molecule has 0 spiro atoms. The van der Waals surface area contributed by atoms with Crippen molar-refractivity contribution in [2.24, 2.45) is 5.73 Å². The molecule has 0 saturated carbocycles. The largest absolute Gasteiger partial charge is 0.396 e. The van der Waals surface area contributed by atoms with E-state index in [4.69, 9.17) is 10.8 Å². The van der Waals surface area contributed by atoms with Crippen molar-refractivity contribution in [2.75, 3.05) is 19.4 Å². The molecule has 0 heterocycles. The molecule has 4 nitrogen and oxygen atoms in total. The number of carbonyl (C=O) groups excluding carboxylic acids is 1. The molecule has 0 fully saturated rings. The van der Waals surface area contributed by atoms with Crippen molar-refractivity contribution < 1.29 is 9.90 Å². The number of carbonyl (C=O) groups is 1. The number of thioether (sulfide) groups is 1. The zero-order valence-corrected chi connectivity index (χ0v) is 10.6. The molecule has 0 saturated heterocycles. The summed E-state index contributed by atoms with van der Waals surface area (Å²) in [6.45, 7) is 4.11. The van der Waals surface area contributed by atoms with E-state index in [1.54, 1.807) is 18.8 Å². The van der Waals surface area contributed by atoms with Crippen LogP contribution < -0.4 is 11.1 Å². The molecule has 2 unspecified atom stereocenters. The zero-order valence-electron chi connectivity index (χ0n) is 9.75. The average molecular weight is 234 g/mol. The van der Waals surface area contributed by atoms with Gasteiger partial charge in [0.15, 0.2) is 0 Å². The van der Waals surface area contributed by atoms with E-state index in [2.05, 4.69) is 12.2 Å². The van der Waals surface area contributed by atoms with Crippen LogP contribution in [0.25, 0.3) is 0 Å². The fourth-order valence-corrected chi connectivity index (χ4v) is 2.46. The van der Waals surface area contributed by atoms with Crippen LogP contribution in [0.4, 0.5) is 0 Å². The molecule has 0 aromatic carbocycles. The van der Waals surface area contributed by atoms with Crippen molar-refractivity contribution in [3.63, 3.8) is 0 Å². The smallest absolute Gasteiger partial charge is 0.237 e. The Labute approximate surface area is 96.0 Å². The molecule has 0 aromatic heterocycles. The predicted octanol–water partition coefficient (Wildman–Crippen LogP) is 0.344. The Morgan fingerprint density at radius 1 is 1.67 bits per heavy atom. The molecule has 5 heteroatoms. The number of aliphatic hydroxyl groups is 1. The molecular formula is C10H22N2O2S. The monoisotopic (exact) mass is 234 g/mol. The summed E-state index contributed by atoms with van der Waals surface area (Å²) in [5, 5.41) is 12.0. The summed E-state index contributed by atoms with van der Waals surface area (Å²) in [4.78, 5) is 11.2. The van der Waals surface area contributed by atoms with Crippen LogP contribution in [0.2, 0.25) is 0 Å². The molecule has 0 aromatic rings. The maximum absolute atomic E-state index is 11.2. The number of nitrogens with one attached hydrogen (secondary N) is 1. The first-order valence-electron chi connectivity index (χ1n) is 5.17. The van der Waals surface area contributed by atoms with E-state index < -0.39 is 5.54 Å². The molecule has 1 amide bonds. The van der Waals surface area contributed by atoms with Gasteiger partial charge in [0.25, 0.3) is 0 Å². The second kappa shape index (κ2) is 7.09. The fourth-order valence-electron chi connectivity index (χ4n) is 1.31. The zero-order chi connectivity index (χ0) is 11.9. The summed E-state index contributed by atoms with van der Waals surface area (Å²) in [6, 6.07) is 0. The number of amides is 1. The van der Waals surface area contributed by atoms with E-state index in [0.29, 0.717) is 11.7 Å². The highest BCUT2D eigenvalue weighted by atomic mass is 32.2. The first-order chi connectivity index (χ1) is 6.96. The van der Waals surface area contributed by atoms with Gasteiger partial charge in [-0.3, -0.25) is 4.79 Å². The van der Waals surface area contributed by atoms with Crippen LogP contribution in [0.3, 0.4) is 0 Å². The van der Waals surface area contributed by atoms with E-state index >= 15 is 0 Å². The molecule has 15 heavy (non-hydrogen) atoms. The van der Waals surface area contributed by atoms with Crippen molar-refractivity contribution in [3.05, 3.63) is 0 Å². The van der Waals surface area contributed by atoms with Gasteiger partial charge in [-0.05, 0) is 32.6 Å². The summed E-state index contributed by atoms with van der Waals surface area (Å²) in [5.41, 5.74) is 4.70. The molecule has 90 valence electrons. The Bertz CT molecular complexity index is 202. The number of aliphatic hydroxyl groups excluding tert-OH is 1. The third-order valence-corrected chi connectivity index (χ3v) is 3.76. The standard InChI is InChI=1S/C10H22N2O2S/c1-8(15-6-4-5-13)7-10(2,12-3)9(11)14/h8,12-13H,4-7H2,1-3H3,(H2,11,14). The van der Waals surface area contributed by atoms with Gasteiger partial charge in [-0.15, -0.1) is 0 Å². The van der Waals surface area contributed by atoms with Gasteiger partial charge in [0, 0.05) is 11.9 Å². The topological polar surface area (TPSA) is 75.3 Å². The average Bonchev–Trinajstić information content (AvgIpc) is 2.17. The number of rotatable bonds is 8. The second-order valence-electron chi connectivity index (χ2n) is 3.91. The minimum atomic E-state index is -0.633.